The van der Waals surface area contributed by atoms with Crippen LogP contribution in [0.1, 0.15) is 44.0 Å². The van der Waals surface area contributed by atoms with Crippen LogP contribution in [0, 0.1) is 5.92 Å². The molecule has 0 aliphatic heterocycles. The third kappa shape index (κ3) is 4.42. The van der Waals surface area contributed by atoms with Crippen LogP contribution in [0.2, 0.25) is 4.34 Å². The predicted molar refractivity (Wildman–Crippen MR) is 91.1 cm³/mol. The van der Waals surface area contributed by atoms with Gasteiger partial charge in [-0.05, 0) is 44.2 Å². The molecule has 1 aromatic heterocycles. The third-order valence-corrected chi connectivity index (χ3v) is 5.80. The first-order chi connectivity index (χ1) is 10.1. The molecule has 0 radical (unpaired) electrons. The van der Waals surface area contributed by atoms with Crippen molar-refractivity contribution >= 4 is 22.9 Å². The van der Waals surface area contributed by atoms with Crippen molar-refractivity contribution in [2.75, 3.05) is 20.3 Å². The van der Waals surface area contributed by atoms with E-state index < -0.39 is 0 Å². The maximum Gasteiger partial charge on any atom is 0.0931 e. The molecule has 1 aliphatic rings. The van der Waals surface area contributed by atoms with Gasteiger partial charge in [-0.3, -0.25) is 4.90 Å². The quantitative estimate of drug-likeness (QED) is 0.745. The molecule has 120 valence electrons. The molecule has 3 atom stereocenters. The molecule has 0 spiro atoms. The van der Waals surface area contributed by atoms with Crippen LogP contribution in [0.3, 0.4) is 0 Å². The lowest BCUT2D eigenvalue weighted by atomic mass is 9.99. The summed E-state index contributed by atoms with van der Waals surface area (Å²) in [6.07, 6.45) is 3.63. The highest BCUT2D eigenvalue weighted by Gasteiger charge is 2.37. The van der Waals surface area contributed by atoms with Crippen LogP contribution in [0.4, 0.5) is 0 Å². The van der Waals surface area contributed by atoms with Gasteiger partial charge in [0, 0.05) is 30.6 Å². The average molecular weight is 331 g/mol. The summed E-state index contributed by atoms with van der Waals surface area (Å²) in [6.45, 7) is 6.15. The molecule has 1 saturated carbocycles. The van der Waals surface area contributed by atoms with Crippen LogP contribution in [0.15, 0.2) is 12.1 Å². The Balaban J connectivity index is 2.24. The summed E-state index contributed by atoms with van der Waals surface area (Å²) in [4.78, 5) is 3.82. The predicted octanol–water partition coefficient (Wildman–Crippen LogP) is 3.93. The summed E-state index contributed by atoms with van der Waals surface area (Å²) in [7, 11) is 1.76. The average Bonchev–Trinajstić information content (AvgIpc) is 3.24. The first kappa shape index (κ1) is 17.2. The van der Waals surface area contributed by atoms with Gasteiger partial charge in [0.2, 0.25) is 0 Å². The van der Waals surface area contributed by atoms with Crippen LogP contribution in [-0.2, 0) is 4.74 Å². The summed E-state index contributed by atoms with van der Waals surface area (Å²) in [5.74, 6) is 0.809. The molecule has 1 aliphatic carbocycles. The Morgan fingerprint density at radius 1 is 1.48 bits per heavy atom. The highest BCUT2D eigenvalue weighted by atomic mass is 35.5. The highest BCUT2D eigenvalue weighted by molar-refractivity contribution is 7.16. The smallest absolute Gasteiger partial charge is 0.0931 e. The Morgan fingerprint density at radius 2 is 2.19 bits per heavy atom. The molecule has 21 heavy (non-hydrogen) atoms. The number of nitrogens with two attached hydrogens (primary N) is 1. The maximum atomic E-state index is 6.47. The molecule has 2 rings (SSSR count). The fourth-order valence-corrected chi connectivity index (χ4v) is 4.23. The second kappa shape index (κ2) is 7.93. The van der Waals surface area contributed by atoms with Crippen molar-refractivity contribution in [1.82, 2.24) is 4.90 Å². The maximum absolute atomic E-state index is 6.47. The summed E-state index contributed by atoms with van der Waals surface area (Å²) < 4.78 is 6.16. The standard InChI is InChI=1S/C16H27ClN2OS/c1-4-13(18)16(14-7-8-15(17)21-14)19(9-10-20-3)11(2)12-5-6-12/h7-8,11-13,16H,4-6,9-10,18H2,1-3H3. The zero-order valence-corrected chi connectivity index (χ0v) is 14.8. The Bertz CT molecular complexity index is 436. The van der Waals surface area contributed by atoms with Gasteiger partial charge in [0.1, 0.15) is 0 Å². The molecular formula is C16H27ClN2OS. The zero-order valence-electron chi connectivity index (χ0n) is 13.2. The van der Waals surface area contributed by atoms with Crippen molar-refractivity contribution in [3.05, 3.63) is 21.3 Å². The first-order valence-electron chi connectivity index (χ1n) is 7.84. The summed E-state index contributed by atoms with van der Waals surface area (Å²) in [6, 6.07) is 5.01. The molecule has 1 aromatic rings. The second-order valence-electron chi connectivity index (χ2n) is 5.97. The topological polar surface area (TPSA) is 38.5 Å². The van der Waals surface area contributed by atoms with Crippen LogP contribution in [-0.4, -0.2) is 37.2 Å². The number of rotatable bonds is 9. The van der Waals surface area contributed by atoms with E-state index >= 15 is 0 Å². The number of thiophene rings is 1. The monoisotopic (exact) mass is 330 g/mol. The van der Waals surface area contributed by atoms with Crippen LogP contribution in [0.5, 0.6) is 0 Å². The molecular weight excluding hydrogens is 304 g/mol. The van der Waals surface area contributed by atoms with E-state index in [-0.39, 0.29) is 12.1 Å². The van der Waals surface area contributed by atoms with Crippen molar-refractivity contribution in [1.29, 1.82) is 0 Å². The van der Waals surface area contributed by atoms with Gasteiger partial charge < -0.3 is 10.5 Å². The summed E-state index contributed by atoms with van der Waals surface area (Å²) in [5, 5.41) is 0. The van der Waals surface area contributed by atoms with Crippen molar-refractivity contribution in [2.24, 2.45) is 11.7 Å². The van der Waals surface area contributed by atoms with E-state index in [1.165, 1.54) is 17.7 Å². The number of hydrogen-bond donors (Lipinski definition) is 1. The molecule has 3 unspecified atom stereocenters. The van der Waals surface area contributed by atoms with Gasteiger partial charge in [-0.1, -0.05) is 18.5 Å². The molecule has 2 N–H and O–H groups in total. The van der Waals surface area contributed by atoms with E-state index in [9.17, 15) is 0 Å². The lowest BCUT2D eigenvalue weighted by Crippen LogP contribution is -2.47. The van der Waals surface area contributed by atoms with E-state index in [0.717, 1.165) is 29.8 Å². The van der Waals surface area contributed by atoms with E-state index in [4.69, 9.17) is 22.1 Å². The SMILES string of the molecule is CCC(N)C(c1ccc(Cl)s1)N(CCOC)C(C)C1CC1. The Morgan fingerprint density at radius 3 is 2.67 bits per heavy atom. The van der Waals surface area contributed by atoms with Crippen molar-refractivity contribution in [3.63, 3.8) is 0 Å². The molecule has 0 saturated heterocycles. The van der Waals surface area contributed by atoms with Crippen molar-refractivity contribution < 1.29 is 4.74 Å². The number of hydrogen-bond acceptors (Lipinski definition) is 4. The van der Waals surface area contributed by atoms with Gasteiger partial charge >= 0.3 is 0 Å². The van der Waals surface area contributed by atoms with Gasteiger partial charge in [0.05, 0.1) is 17.0 Å². The van der Waals surface area contributed by atoms with Crippen molar-refractivity contribution in [3.8, 4) is 0 Å². The molecule has 1 heterocycles. The number of methoxy groups -OCH3 is 1. The molecule has 5 heteroatoms. The fraction of sp³-hybridized carbons (Fsp3) is 0.750. The lowest BCUT2D eigenvalue weighted by Gasteiger charge is -2.39. The Labute approximate surface area is 137 Å². The number of nitrogens with zero attached hydrogens (tertiary/aromatic N) is 1. The molecule has 1 fully saturated rings. The van der Waals surface area contributed by atoms with E-state index in [2.05, 4.69) is 24.8 Å². The number of ether oxygens (including phenoxy) is 1. The van der Waals surface area contributed by atoms with Crippen LogP contribution >= 0.6 is 22.9 Å². The van der Waals surface area contributed by atoms with Crippen LogP contribution < -0.4 is 5.73 Å². The minimum absolute atomic E-state index is 0.123. The minimum atomic E-state index is 0.123. The molecule has 0 bridgehead atoms. The second-order valence-corrected chi connectivity index (χ2v) is 7.71. The Kier molecular flexibility index (Phi) is 6.51. The Hall–Kier alpha value is -0.130. The summed E-state index contributed by atoms with van der Waals surface area (Å²) >= 11 is 7.80. The zero-order chi connectivity index (χ0) is 15.4. The third-order valence-electron chi connectivity index (χ3n) is 4.50. The number of halogens is 1. The summed E-state index contributed by atoms with van der Waals surface area (Å²) in [5.41, 5.74) is 6.47. The van der Waals surface area contributed by atoms with Crippen molar-refractivity contribution in [2.45, 2.75) is 51.2 Å². The van der Waals surface area contributed by atoms with E-state index in [1.54, 1.807) is 18.4 Å². The van der Waals surface area contributed by atoms with Crippen LogP contribution in [0.25, 0.3) is 0 Å². The molecule has 0 aromatic carbocycles. The molecule has 3 nitrogen and oxygen atoms in total. The van der Waals surface area contributed by atoms with Gasteiger partial charge in [-0.15, -0.1) is 11.3 Å². The van der Waals surface area contributed by atoms with E-state index in [0.29, 0.717) is 6.04 Å². The highest BCUT2D eigenvalue weighted by Crippen LogP contribution is 2.40. The normalized spacial score (nSPS) is 19.7. The van der Waals surface area contributed by atoms with Gasteiger partial charge in [-0.2, -0.15) is 0 Å². The molecule has 0 amide bonds. The largest absolute Gasteiger partial charge is 0.383 e. The van der Waals surface area contributed by atoms with Gasteiger partial charge in [0.25, 0.3) is 0 Å². The van der Waals surface area contributed by atoms with E-state index in [1.807, 2.05) is 6.07 Å². The fourth-order valence-electron chi connectivity index (χ4n) is 2.97. The lowest BCUT2D eigenvalue weighted by molar-refractivity contribution is 0.0703. The van der Waals surface area contributed by atoms with Gasteiger partial charge in [-0.25, -0.2) is 0 Å². The minimum Gasteiger partial charge on any atom is -0.383 e. The first-order valence-corrected chi connectivity index (χ1v) is 9.03. The van der Waals surface area contributed by atoms with Gasteiger partial charge in [0.15, 0.2) is 0 Å².